The summed E-state index contributed by atoms with van der Waals surface area (Å²) in [4.78, 5) is 12.3. The standard InChI is InChI=1S/C15H20N2O2/c1-10(9-18)11(2)16-15(19)13-8-17(3)14-7-5-4-6-12(13)14/h4-8,10-11,18H,9H2,1-3H3,(H,16,19). The van der Waals surface area contributed by atoms with Gasteiger partial charge in [-0.25, -0.2) is 0 Å². The van der Waals surface area contributed by atoms with Crippen LogP contribution in [0.15, 0.2) is 30.5 Å². The van der Waals surface area contributed by atoms with Gasteiger partial charge >= 0.3 is 0 Å². The number of aliphatic hydroxyl groups is 1. The first-order valence-corrected chi connectivity index (χ1v) is 6.50. The van der Waals surface area contributed by atoms with Gasteiger partial charge in [-0.3, -0.25) is 4.79 Å². The normalized spacial score (nSPS) is 14.3. The Kier molecular flexibility index (Phi) is 3.90. The Morgan fingerprint density at radius 2 is 2.05 bits per heavy atom. The number of aliphatic hydroxyl groups excluding tert-OH is 1. The molecule has 4 nitrogen and oxygen atoms in total. The largest absolute Gasteiger partial charge is 0.396 e. The fourth-order valence-electron chi connectivity index (χ4n) is 2.11. The molecular weight excluding hydrogens is 240 g/mol. The van der Waals surface area contributed by atoms with Crippen LogP contribution in [0.2, 0.25) is 0 Å². The van der Waals surface area contributed by atoms with Crippen molar-refractivity contribution in [2.75, 3.05) is 6.61 Å². The fraction of sp³-hybridized carbons (Fsp3) is 0.400. The lowest BCUT2D eigenvalue weighted by Crippen LogP contribution is -2.38. The predicted octanol–water partition coefficient (Wildman–Crippen LogP) is 1.93. The average Bonchev–Trinajstić information content (AvgIpc) is 2.76. The topological polar surface area (TPSA) is 54.3 Å². The lowest BCUT2D eigenvalue weighted by Gasteiger charge is -2.18. The third kappa shape index (κ3) is 2.63. The van der Waals surface area contributed by atoms with Gasteiger partial charge in [0.05, 0.1) is 5.56 Å². The van der Waals surface area contributed by atoms with E-state index in [2.05, 4.69) is 5.32 Å². The number of aromatic nitrogens is 1. The van der Waals surface area contributed by atoms with Crippen molar-refractivity contribution < 1.29 is 9.90 Å². The van der Waals surface area contributed by atoms with Crippen molar-refractivity contribution in [3.8, 4) is 0 Å². The Balaban J connectivity index is 2.27. The van der Waals surface area contributed by atoms with E-state index >= 15 is 0 Å². The highest BCUT2D eigenvalue weighted by atomic mass is 16.3. The van der Waals surface area contributed by atoms with Crippen LogP contribution in [0.4, 0.5) is 0 Å². The van der Waals surface area contributed by atoms with E-state index in [-0.39, 0.29) is 24.5 Å². The van der Waals surface area contributed by atoms with Crippen molar-refractivity contribution in [1.82, 2.24) is 9.88 Å². The van der Waals surface area contributed by atoms with Crippen LogP contribution in [0.5, 0.6) is 0 Å². The van der Waals surface area contributed by atoms with E-state index in [1.165, 1.54) is 0 Å². The van der Waals surface area contributed by atoms with Gasteiger partial charge in [0.2, 0.25) is 0 Å². The maximum Gasteiger partial charge on any atom is 0.253 e. The molecule has 0 aliphatic carbocycles. The van der Waals surface area contributed by atoms with E-state index in [4.69, 9.17) is 5.11 Å². The summed E-state index contributed by atoms with van der Waals surface area (Å²) in [5, 5.41) is 13.0. The van der Waals surface area contributed by atoms with Crippen LogP contribution in [0, 0.1) is 5.92 Å². The van der Waals surface area contributed by atoms with Gasteiger partial charge in [-0.15, -0.1) is 0 Å². The van der Waals surface area contributed by atoms with Crippen LogP contribution in [-0.2, 0) is 7.05 Å². The van der Waals surface area contributed by atoms with Crippen molar-refractivity contribution >= 4 is 16.8 Å². The van der Waals surface area contributed by atoms with Gasteiger partial charge < -0.3 is 15.0 Å². The van der Waals surface area contributed by atoms with E-state index in [1.54, 1.807) is 0 Å². The molecule has 0 saturated carbocycles. The van der Waals surface area contributed by atoms with Crippen LogP contribution < -0.4 is 5.32 Å². The predicted molar refractivity (Wildman–Crippen MR) is 76.1 cm³/mol. The molecule has 0 aliphatic heterocycles. The zero-order valence-electron chi connectivity index (χ0n) is 11.6. The number of benzene rings is 1. The Labute approximate surface area is 113 Å². The van der Waals surface area contributed by atoms with Gasteiger partial charge in [0.15, 0.2) is 0 Å². The lowest BCUT2D eigenvalue weighted by molar-refractivity contribution is 0.0918. The molecule has 0 radical (unpaired) electrons. The second-order valence-corrected chi connectivity index (χ2v) is 5.09. The minimum atomic E-state index is -0.0930. The molecule has 0 saturated heterocycles. The molecule has 0 bridgehead atoms. The quantitative estimate of drug-likeness (QED) is 0.882. The second kappa shape index (κ2) is 5.45. The van der Waals surface area contributed by atoms with Gasteiger partial charge in [0.25, 0.3) is 5.91 Å². The number of amides is 1. The molecule has 1 amide bonds. The van der Waals surface area contributed by atoms with E-state index in [0.29, 0.717) is 5.56 Å². The van der Waals surface area contributed by atoms with Crippen molar-refractivity contribution in [3.63, 3.8) is 0 Å². The number of hydrogen-bond donors (Lipinski definition) is 2. The molecule has 2 N–H and O–H groups in total. The van der Waals surface area contributed by atoms with Crippen molar-refractivity contribution in [1.29, 1.82) is 0 Å². The van der Waals surface area contributed by atoms with Gasteiger partial charge in [-0.05, 0) is 18.9 Å². The highest BCUT2D eigenvalue weighted by Gasteiger charge is 2.18. The fourth-order valence-corrected chi connectivity index (χ4v) is 2.11. The monoisotopic (exact) mass is 260 g/mol. The third-order valence-electron chi connectivity index (χ3n) is 3.64. The van der Waals surface area contributed by atoms with E-state index in [1.807, 2.05) is 55.9 Å². The van der Waals surface area contributed by atoms with Crippen molar-refractivity contribution in [2.24, 2.45) is 13.0 Å². The summed E-state index contributed by atoms with van der Waals surface area (Å²) in [5.41, 5.74) is 1.71. The SMILES string of the molecule is CC(CO)C(C)NC(=O)c1cn(C)c2ccccc12. The molecule has 4 heteroatoms. The molecule has 0 spiro atoms. The maximum absolute atomic E-state index is 12.3. The summed E-state index contributed by atoms with van der Waals surface area (Å²) in [6.45, 7) is 3.88. The van der Waals surface area contributed by atoms with Crippen molar-refractivity contribution in [3.05, 3.63) is 36.0 Å². The summed E-state index contributed by atoms with van der Waals surface area (Å²) in [6.07, 6.45) is 1.84. The van der Waals surface area contributed by atoms with E-state index < -0.39 is 0 Å². The highest BCUT2D eigenvalue weighted by Crippen LogP contribution is 2.20. The summed E-state index contributed by atoms with van der Waals surface area (Å²) in [6, 6.07) is 7.77. The molecule has 2 atom stereocenters. The Hall–Kier alpha value is -1.81. The highest BCUT2D eigenvalue weighted by molar-refractivity contribution is 6.07. The van der Waals surface area contributed by atoms with Crippen LogP contribution >= 0.6 is 0 Å². The number of nitrogens with one attached hydrogen (secondary N) is 1. The van der Waals surface area contributed by atoms with Gasteiger partial charge in [-0.1, -0.05) is 25.1 Å². The first-order valence-electron chi connectivity index (χ1n) is 6.50. The smallest absolute Gasteiger partial charge is 0.253 e. The summed E-state index contributed by atoms with van der Waals surface area (Å²) < 4.78 is 1.95. The molecule has 2 aromatic rings. The van der Waals surface area contributed by atoms with Crippen molar-refractivity contribution in [2.45, 2.75) is 19.9 Å². The molecule has 2 rings (SSSR count). The van der Waals surface area contributed by atoms with Gasteiger partial charge in [0, 0.05) is 36.8 Å². The number of nitrogens with zero attached hydrogens (tertiary/aromatic N) is 1. The number of fused-ring (bicyclic) bond motifs is 1. The van der Waals surface area contributed by atoms with Crippen LogP contribution in [0.3, 0.4) is 0 Å². The molecule has 0 aliphatic rings. The van der Waals surface area contributed by atoms with Crippen LogP contribution in [0.1, 0.15) is 24.2 Å². The second-order valence-electron chi connectivity index (χ2n) is 5.09. The Morgan fingerprint density at radius 1 is 1.37 bits per heavy atom. The summed E-state index contributed by atoms with van der Waals surface area (Å²) >= 11 is 0. The molecule has 1 aromatic heterocycles. The number of hydrogen-bond acceptors (Lipinski definition) is 2. The maximum atomic E-state index is 12.3. The number of aryl methyl sites for hydroxylation is 1. The Morgan fingerprint density at radius 3 is 2.74 bits per heavy atom. The number of carbonyl (C=O) groups is 1. The first-order chi connectivity index (χ1) is 9.04. The number of rotatable bonds is 4. The molecule has 1 heterocycles. The Bertz CT molecular complexity index is 589. The van der Waals surface area contributed by atoms with Crippen LogP contribution in [0.25, 0.3) is 10.9 Å². The van der Waals surface area contributed by atoms with Gasteiger partial charge in [-0.2, -0.15) is 0 Å². The summed E-state index contributed by atoms with van der Waals surface area (Å²) in [7, 11) is 1.93. The number of para-hydroxylation sites is 1. The molecule has 2 unspecified atom stereocenters. The molecular formula is C15H20N2O2. The molecule has 19 heavy (non-hydrogen) atoms. The average molecular weight is 260 g/mol. The summed E-state index contributed by atoms with van der Waals surface area (Å²) in [5.74, 6) is -0.0523. The minimum absolute atomic E-state index is 0.0407. The minimum Gasteiger partial charge on any atom is -0.396 e. The van der Waals surface area contributed by atoms with Gasteiger partial charge in [0.1, 0.15) is 0 Å². The lowest BCUT2D eigenvalue weighted by atomic mass is 10.0. The van der Waals surface area contributed by atoms with E-state index in [0.717, 1.165) is 10.9 Å². The molecule has 0 fully saturated rings. The molecule has 102 valence electrons. The number of carbonyl (C=O) groups excluding carboxylic acids is 1. The first kappa shape index (κ1) is 13.6. The third-order valence-corrected chi connectivity index (χ3v) is 3.64. The van der Waals surface area contributed by atoms with E-state index in [9.17, 15) is 4.79 Å². The zero-order valence-corrected chi connectivity index (χ0v) is 11.6. The van der Waals surface area contributed by atoms with Crippen LogP contribution in [-0.4, -0.2) is 28.2 Å². The molecule has 1 aromatic carbocycles. The zero-order chi connectivity index (χ0) is 14.0.